The summed E-state index contributed by atoms with van der Waals surface area (Å²) >= 11 is 0. The van der Waals surface area contributed by atoms with E-state index in [1.54, 1.807) is 0 Å². The van der Waals surface area contributed by atoms with Crippen molar-refractivity contribution in [2.24, 2.45) is 0 Å². The highest BCUT2D eigenvalue weighted by Gasteiger charge is 2.14. The molecule has 2 N–H and O–H groups in total. The van der Waals surface area contributed by atoms with Crippen molar-refractivity contribution < 1.29 is 0 Å². The predicted molar refractivity (Wildman–Crippen MR) is 75.3 cm³/mol. The molecule has 1 aromatic heterocycles. The topological polar surface area (TPSA) is 44.0 Å². The van der Waals surface area contributed by atoms with Crippen LogP contribution in [-0.4, -0.2) is 36.1 Å². The van der Waals surface area contributed by atoms with Crippen molar-refractivity contribution in [1.29, 1.82) is 0 Å². The number of anilines is 1. The molecule has 1 aromatic carbocycles. The lowest BCUT2D eigenvalue weighted by atomic mass is 10.0. The van der Waals surface area contributed by atoms with Crippen LogP contribution in [0.1, 0.15) is 25.3 Å². The summed E-state index contributed by atoms with van der Waals surface area (Å²) in [5.74, 6) is 1.56. The zero-order valence-electron chi connectivity index (χ0n) is 11.0. The van der Waals surface area contributed by atoms with Gasteiger partial charge in [-0.15, -0.1) is 0 Å². The van der Waals surface area contributed by atoms with E-state index < -0.39 is 0 Å². The molecular weight excluding hydrogens is 224 g/mol. The monoisotopic (exact) mass is 244 g/mol. The summed E-state index contributed by atoms with van der Waals surface area (Å²) in [6.07, 6.45) is 0. The van der Waals surface area contributed by atoms with Gasteiger partial charge in [-0.05, 0) is 23.6 Å². The van der Waals surface area contributed by atoms with Crippen LogP contribution in [0.25, 0.3) is 11.0 Å². The molecule has 18 heavy (non-hydrogen) atoms. The number of aromatic nitrogens is 2. The molecule has 0 spiro atoms. The summed E-state index contributed by atoms with van der Waals surface area (Å²) in [7, 11) is 0. The fourth-order valence-corrected chi connectivity index (χ4v) is 2.40. The van der Waals surface area contributed by atoms with Crippen LogP contribution in [0.2, 0.25) is 0 Å². The minimum atomic E-state index is 0.556. The van der Waals surface area contributed by atoms with Gasteiger partial charge in [0.25, 0.3) is 0 Å². The van der Waals surface area contributed by atoms with Gasteiger partial charge in [-0.3, -0.25) is 0 Å². The minimum Gasteiger partial charge on any atom is -0.340 e. The van der Waals surface area contributed by atoms with Gasteiger partial charge in [-0.25, -0.2) is 4.98 Å². The van der Waals surface area contributed by atoms with Gasteiger partial charge in [-0.2, -0.15) is 0 Å². The first-order valence-electron chi connectivity index (χ1n) is 6.69. The van der Waals surface area contributed by atoms with Crippen molar-refractivity contribution in [3.8, 4) is 0 Å². The average molecular weight is 244 g/mol. The maximum Gasteiger partial charge on any atom is 0.203 e. The molecule has 4 heteroatoms. The Hall–Kier alpha value is -1.55. The number of nitrogens with one attached hydrogen (secondary N) is 2. The van der Waals surface area contributed by atoms with Crippen molar-refractivity contribution in [3.63, 3.8) is 0 Å². The lowest BCUT2D eigenvalue weighted by molar-refractivity contribution is 0.582. The Balaban J connectivity index is 1.94. The first kappa shape index (κ1) is 11.5. The van der Waals surface area contributed by atoms with E-state index in [0.717, 1.165) is 43.2 Å². The number of fused-ring (bicyclic) bond motifs is 1. The van der Waals surface area contributed by atoms with Gasteiger partial charge < -0.3 is 15.2 Å². The van der Waals surface area contributed by atoms with E-state index >= 15 is 0 Å². The number of imidazole rings is 1. The molecule has 3 rings (SSSR count). The molecule has 0 amide bonds. The number of benzene rings is 1. The number of hydrogen-bond donors (Lipinski definition) is 2. The molecule has 4 nitrogen and oxygen atoms in total. The van der Waals surface area contributed by atoms with Crippen molar-refractivity contribution in [1.82, 2.24) is 15.3 Å². The third kappa shape index (κ3) is 2.08. The SMILES string of the molecule is CC(C)c1ccc2nc(N3CCNCC3)[nH]c2c1. The Bertz CT molecular complexity index is 538. The molecule has 0 aliphatic carbocycles. The number of piperazine rings is 1. The molecule has 2 aromatic rings. The molecule has 0 saturated carbocycles. The Labute approximate surface area is 107 Å². The summed E-state index contributed by atoms with van der Waals surface area (Å²) in [6, 6.07) is 6.51. The third-order valence-electron chi connectivity index (χ3n) is 3.58. The molecule has 0 radical (unpaired) electrons. The van der Waals surface area contributed by atoms with Gasteiger partial charge in [0.15, 0.2) is 0 Å². The maximum atomic E-state index is 4.68. The number of aromatic amines is 1. The van der Waals surface area contributed by atoms with Gasteiger partial charge in [0.1, 0.15) is 0 Å². The summed E-state index contributed by atoms with van der Waals surface area (Å²) in [5.41, 5.74) is 3.57. The maximum absolute atomic E-state index is 4.68. The van der Waals surface area contributed by atoms with E-state index in [-0.39, 0.29) is 0 Å². The molecule has 96 valence electrons. The normalized spacial score (nSPS) is 16.7. The second-order valence-corrected chi connectivity index (χ2v) is 5.23. The van der Waals surface area contributed by atoms with E-state index in [9.17, 15) is 0 Å². The van der Waals surface area contributed by atoms with Crippen molar-refractivity contribution >= 4 is 17.0 Å². The largest absolute Gasteiger partial charge is 0.340 e. The van der Waals surface area contributed by atoms with E-state index in [2.05, 4.69) is 52.2 Å². The van der Waals surface area contributed by atoms with E-state index in [0.29, 0.717) is 5.92 Å². The number of H-pyrrole nitrogens is 1. The molecule has 0 atom stereocenters. The highest BCUT2D eigenvalue weighted by Crippen LogP contribution is 2.22. The quantitative estimate of drug-likeness (QED) is 0.850. The Morgan fingerprint density at radius 3 is 2.72 bits per heavy atom. The zero-order chi connectivity index (χ0) is 12.5. The van der Waals surface area contributed by atoms with Crippen LogP contribution in [0.3, 0.4) is 0 Å². The van der Waals surface area contributed by atoms with Crippen molar-refractivity contribution in [2.75, 3.05) is 31.1 Å². The van der Waals surface area contributed by atoms with E-state index in [4.69, 9.17) is 0 Å². The predicted octanol–water partition coefficient (Wildman–Crippen LogP) is 2.10. The second-order valence-electron chi connectivity index (χ2n) is 5.23. The van der Waals surface area contributed by atoms with Crippen LogP contribution in [0.5, 0.6) is 0 Å². The van der Waals surface area contributed by atoms with Gasteiger partial charge in [-0.1, -0.05) is 19.9 Å². The smallest absolute Gasteiger partial charge is 0.203 e. The highest BCUT2D eigenvalue weighted by molar-refractivity contribution is 5.78. The van der Waals surface area contributed by atoms with Gasteiger partial charge >= 0.3 is 0 Å². The van der Waals surface area contributed by atoms with Gasteiger partial charge in [0.2, 0.25) is 5.95 Å². The lowest BCUT2D eigenvalue weighted by Crippen LogP contribution is -2.44. The second kappa shape index (κ2) is 4.61. The molecule has 1 aliphatic rings. The van der Waals surface area contributed by atoms with Crippen molar-refractivity contribution in [3.05, 3.63) is 23.8 Å². The van der Waals surface area contributed by atoms with Crippen LogP contribution in [0.4, 0.5) is 5.95 Å². The first-order valence-corrected chi connectivity index (χ1v) is 6.69. The molecule has 1 aliphatic heterocycles. The fourth-order valence-electron chi connectivity index (χ4n) is 2.40. The van der Waals surface area contributed by atoms with Crippen molar-refractivity contribution in [2.45, 2.75) is 19.8 Å². The molecule has 1 saturated heterocycles. The summed E-state index contributed by atoms with van der Waals surface area (Å²) < 4.78 is 0. The van der Waals surface area contributed by atoms with E-state index in [1.807, 2.05) is 0 Å². The fraction of sp³-hybridized carbons (Fsp3) is 0.500. The zero-order valence-corrected chi connectivity index (χ0v) is 11.0. The van der Waals surface area contributed by atoms with Crippen LogP contribution < -0.4 is 10.2 Å². The summed E-state index contributed by atoms with van der Waals surface area (Å²) in [4.78, 5) is 10.4. The van der Waals surface area contributed by atoms with Gasteiger partial charge in [0.05, 0.1) is 11.0 Å². The molecule has 2 heterocycles. The Morgan fingerprint density at radius 1 is 1.22 bits per heavy atom. The Morgan fingerprint density at radius 2 is 2.00 bits per heavy atom. The molecule has 0 unspecified atom stereocenters. The Kier molecular flexibility index (Phi) is 2.96. The number of rotatable bonds is 2. The van der Waals surface area contributed by atoms with Crippen LogP contribution >= 0.6 is 0 Å². The molecular formula is C14H20N4. The van der Waals surface area contributed by atoms with Crippen LogP contribution in [-0.2, 0) is 0 Å². The van der Waals surface area contributed by atoms with Crippen LogP contribution in [0, 0.1) is 0 Å². The summed E-state index contributed by atoms with van der Waals surface area (Å²) in [5, 5.41) is 3.36. The van der Waals surface area contributed by atoms with E-state index in [1.165, 1.54) is 5.56 Å². The summed E-state index contributed by atoms with van der Waals surface area (Å²) in [6.45, 7) is 8.56. The lowest BCUT2D eigenvalue weighted by Gasteiger charge is -2.26. The molecule has 1 fully saturated rings. The standard InChI is InChI=1S/C14H20N4/c1-10(2)11-3-4-12-13(9-11)17-14(16-12)18-7-5-15-6-8-18/h3-4,9-10,15H,5-8H2,1-2H3,(H,16,17). The molecule has 0 bridgehead atoms. The number of nitrogens with zero attached hydrogens (tertiary/aromatic N) is 2. The number of hydrogen-bond acceptors (Lipinski definition) is 3. The third-order valence-corrected chi connectivity index (χ3v) is 3.58. The minimum absolute atomic E-state index is 0.556. The average Bonchev–Trinajstić information content (AvgIpc) is 2.82. The highest BCUT2D eigenvalue weighted by atomic mass is 15.3. The first-order chi connectivity index (χ1) is 8.74. The van der Waals surface area contributed by atoms with Crippen LogP contribution in [0.15, 0.2) is 18.2 Å². The van der Waals surface area contributed by atoms with Gasteiger partial charge in [0, 0.05) is 26.2 Å².